The summed E-state index contributed by atoms with van der Waals surface area (Å²) in [6.07, 6.45) is 3.43. The fourth-order valence-corrected chi connectivity index (χ4v) is 2.29. The van der Waals surface area contributed by atoms with Crippen molar-refractivity contribution in [1.82, 2.24) is 34.5 Å². The fourth-order valence-electron chi connectivity index (χ4n) is 2.13. The lowest BCUT2D eigenvalue weighted by Crippen LogP contribution is -2.46. The number of carbonyl (C=O) groups excluding carboxylic acids is 1. The molecule has 0 bridgehead atoms. The molecule has 1 saturated heterocycles. The molecule has 1 amide bonds. The van der Waals surface area contributed by atoms with Gasteiger partial charge in [0.15, 0.2) is 0 Å². The minimum atomic E-state index is 0.0717. The zero-order chi connectivity index (χ0) is 14.7. The summed E-state index contributed by atoms with van der Waals surface area (Å²) in [5.41, 5.74) is 1.48. The van der Waals surface area contributed by atoms with E-state index in [9.17, 15) is 4.79 Å². The van der Waals surface area contributed by atoms with Gasteiger partial charge in [0.05, 0.1) is 18.3 Å². The van der Waals surface area contributed by atoms with E-state index in [-0.39, 0.29) is 12.3 Å². The predicted octanol–water partition coefficient (Wildman–Crippen LogP) is -0.102. The number of pyridine rings is 1. The van der Waals surface area contributed by atoms with E-state index in [2.05, 4.69) is 20.5 Å². The Labute approximate surface area is 126 Å². The highest BCUT2D eigenvalue weighted by Crippen LogP contribution is 2.09. The maximum atomic E-state index is 12.2. The van der Waals surface area contributed by atoms with Crippen LogP contribution >= 0.6 is 11.8 Å². The molecule has 0 aromatic carbocycles. The van der Waals surface area contributed by atoms with Crippen LogP contribution in [-0.4, -0.2) is 66.6 Å². The largest absolute Gasteiger partial charge is 0.340 e. The van der Waals surface area contributed by atoms with Crippen molar-refractivity contribution in [1.29, 1.82) is 0 Å². The van der Waals surface area contributed by atoms with Gasteiger partial charge in [-0.25, -0.2) is 4.42 Å². The van der Waals surface area contributed by atoms with Gasteiger partial charge in [0.1, 0.15) is 6.33 Å². The first-order valence-corrected chi connectivity index (χ1v) is 6.93. The molecule has 1 fully saturated rings. The van der Waals surface area contributed by atoms with Gasteiger partial charge in [-0.05, 0) is 34.3 Å². The van der Waals surface area contributed by atoms with Crippen LogP contribution in [0.25, 0.3) is 5.69 Å². The molecule has 9 heteroatoms. The minimum absolute atomic E-state index is 0.0717. The van der Waals surface area contributed by atoms with Gasteiger partial charge in [-0.15, -0.1) is 5.10 Å². The first kappa shape index (κ1) is 13.9. The van der Waals surface area contributed by atoms with Crippen molar-refractivity contribution in [2.75, 3.05) is 26.2 Å². The van der Waals surface area contributed by atoms with E-state index in [1.807, 2.05) is 17.0 Å². The van der Waals surface area contributed by atoms with Crippen LogP contribution < -0.4 is 0 Å². The Balaban J connectivity index is 1.61. The predicted molar refractivity (Wildman–Crippen MR) is 74.7 cm³/mol. The molecular weight excluding hydrogens is 294 g/mol. The van der Waals surface area contributed by atoms with Crippen LogP contribution in [0.3, 0.4) is 0 Å². The molecule has 0 atom stereocenters. The van der Waals surface area contributed by atoms with Crippen LogP contribution in [0.1, 0.15) is 5.69 Å². The van der Waals surface area contributed by atoms with Crippen molar-refractivity contribution in [2.45, 2.75) is 6.42 Å². The van der Waals surface area contributed by atoms with E-state index >= 15 is 0 Å². The number of hydrogen-bond acceptors (Lipinski definition) is 6. The number of carbonyl (C=O) groups is 1. The summed E-state index contributed by atoms with van der Waals surface area (Å²) in [7, 11) is 0. The van der Waals surface area contributed by atoms with Gasteiger partial charge >= 0.3 is 0 Å². The van der Waals surface area contributed by atoms with Crippen molar-refractivity contribution < 1.29 is 4.79 Å². The molecule has 3 heterocycles. The molecule has 0 spiro atoms. The number of aromatic nitrogens is 5. The molecule has 0 aliphatic carbocycles. The van der Waals surface area contributed by atoms with Crippen LogP contribution in [0.4, 0.5) is 0 Å². The van der Waals surface area contributed by atoms with Gasteiger partial charge in [-0.3, -0.25) is 9.78 Å². The van der Waals surface area contributed by atoms with Crippen molar-refractivity contribution in [3.05, 3.63) is 30.4 Å². The zero-order valence-electron chi connectivity index (χ0n) is 11.3. The molecule has 1 aliphatic heterocycles. The number of tetrazole rings is 1. The highest BCUT2D eigenvalue weighted by atomic mass is 35.5. The average molecular weight is 308 g/mol. The Morgan fingerprint density at radius 3 is 2.67 bits per heavy atom. The average Bonchev–Trinajstić information content (AvgIpc) is 3.03. The zero-order valence-corrected chi connectivity index (χ0v) is 12.0. The van der Waals surface area contributed by atoms with Crippen molar-refractivity contribution in [3.63, 3.8) is 0 Å². The summed E-state index contributed by atoms with van der Waals surface area (Å²) in [4.78, 5) is 18.3. The number of rotatable bonds is 3. The third kappa shape index (κ3) is 3.34. The van der Waals surface area contributed by atoms with Crippen LogP contribution in [0, 0.1) is 0 Å². The van der Waals surface area contributed by atoms with Crippen molar-refractivity contribution in [2.24, 2.45) is 0 Å². The molecule has 0 unspecified atom stereocenters. The smallest absolute Gasteiger partial charge is 0.228 e. The lowest BCUT2D eigenvalue weighted by molar-refractivity contribution is -0.131. The van der Waals surface area contributed by atoms with Gasteiger partial charge in [-0.2, -0.15) is 4.68 Å². The maximum absolute atomic E-state index is 12.2. The highest BCUT2D eigenvalue weighted by Gasteiger charge is 2.20. The fraction of sp³-hybridized carbons (Fsp3) is 0.417. The van der Waals surface area contributed by atoms with Crippen LogP contribution in [0.2, 0.25) is 0 Å². The van der Waals surface area contributed by atoms with E-state index < -0.39 is 0 Å². The quantitative estimate of drug-likeness (QED) is 0.737. The highest BCUT2D eigenvalue weighted by molar-refractivity contribution is 6.13. The molecule has 2 aromatic heterocycles. The lowest BCUT2D eigenvalue weighted by atomic mass is 10.2. The second kappa shape index (κ2) is 6.15. The Morgan fingerprint density at radius 2 is 2.05 bits per heavy atom. The molecule has 110 valence electrons. The van der Waals surface area contributed by atoms with Gasteiger partial charge in [0.2, 0.25) is 5.91 Å². The summed E-state index contributed by atoms with van der Waals surface area (Å²) < 4.78 is 3.21. The van der Waals surface area contributed by atoms with Crippen LogP contribution in [-0.2, 0) is 11.2 Å². The molecule has 0 saturated carbocycles. The van der Waals surface area contributed by atoms with Crippen LogP contribution in [0.15, 0.2) is 24.7 Å². The lowest BCUT2D eigenvalue weighted by Gasteiger charge is -2.30. The van der Waals surface area contributed by atoms with Crippen LogP contribution in [0.5, 0.6) is 0 Å². The van der Waals surface area contributed by atoms with E-state index in [1.54, 1.807) is 10.6 Å². The van der Waals surface area contributed by atoms with Gasteiger partial charge in [0, 0.05) is 31.9 Å². The molecule has 3 rings (SSSR count). The Kier molecular flexibility index (Phi) is 4.07. The molecule has 0 radical (unpaired) electrons. The first-order valence-electron chi connectivity index (χ1n) is 6.59. The monoisotopic (exact) mass is 307 g/mol. The van der Waals surface area contributed by atoms with E-state index in [1.165, 1.54) is 11.0 Å². The number of nitrogens with zero attached hydrogens (tertiary/aromatic N) is 7. The van der Waals surface area contributed by atoms with E-state index in [4.69, 9.17) is 11.8 Å². The summed E-state index contributed by atoms with van der Waals surface area (Å²) in [6, 6.07) is 3.65. The molecule has 2 aromatic rings. The summed E-state index contributed by atoms with van der Waals surface area (Å²) >= 11 is 5.88. The summed E-state index contributed by atoms with van der Waals surface area (Å²) in [5.74, 6) is 0.0717. The minimum Gasteiger partial charge on any atom is -0.340 e. The topological polar surface area (TPSA) is 80.0 Å². The SMILES string of the molecule is O=C(Cc1ccc(-n2cnnn2)cn1)N1CCN(Cl)CC1. The second-order valence-corrected chi connectivity index (χ2v) is 5.21. The molecule has 8 nitrogen and oxygen atoms in total. The normalized spacial score (nSPS) is 16.1. The molecular formula is C12H14ClN7O. The number of hydrogen-bond donors (Lipinski definition) is 0. The standard InChI is InChI=1S/C12H14ClN7O/c13-19-5-3-18(4-6-19)12(21)7-10-1-2-11(8-14-10)20-9-15-16-17-20/h1-2,8-9H,3-7H2. The Bertz CT molecular complexity index is 593. The maximum Gasteiger partial charge on any atom is 0.228 e. The number of amides is 1. The Hall–Kier alpha value is -2.06. The van der Waals surface area contributed by atoms with Gasteiger partial charge < -0.3 is 4.90 Å². The Morgan fingerprint density at radius 1 is 1.24 bits per heavy atom. The van der Waals surface area contributed by atoms with Gasteiger partial charge in [0.25, 0.3) is 0 Å². The first-order chi connectivity index (χ1) is 10.2. The number of piperazine rings is 1. The molecule has 21 heavy (non-hydrogen) atoms. The van der Waals surface area contributed by atoms with Crippen molar-refractivity contribution >= 4 is 17.7 Å². The molecule has 1 aliphatic rings. The third-order valence-corrected chi connectivity index (χ3v) is 3.67. The summed E-state index contributed by atoms with van der Waals surface area (Å²) in [6.45, 7) is 2.70. The van der Waals surface area contributed by atoms with Crippen molar-refractivity contribution in [3.8, 4) is 5.69 Å². The molecule has 0 N–H and O–H groups in total. The van der Waals surface area contributed by atoms with E-state index in [0.29, 0.717) is 26.2 Å². The second-order valence-electron chi connectivity index (χ2n) is 4.73. The third-order valence-electron chi connectivity index (χ3n) is 3.33. The summed E-state index contributed by atoms with van der Waals surface area (Å²) in [5, 5.41) is 10.9. The van der Waals surface area contributed by atoms with E-state index in [0.717, 1.165) is 11.4 Å². The van der Waals surface area contributed by atoms with Gasteiger partial charge in [-0.1, -0.05) is 0 Å². The number of halogens is 1.